The molecule has 0 amide bonds. The highest BCUT2D eigenvalue weighted by molar-refractivity contribution is 9.10. The second-order valence-electron chi connectivity index (χ2n) is 3.45. The van der Waals surface area contributed by atoms with Crippen molar-refractivity contribution >= 4 is 21.9 Å². The molecule has 1 atom stereocenters. The molecule has 0 aromatic heterocycles. The minimum Gasteiger partial charge on any atom is -0.480 e. The maximum absolute atomic E-state index is 12.7. The molecule has 0 saturated carbocycles. The molecule has 1 aromatic carbocycles. The zero-order valence-corrected chi connectivity index (χ0v) is 10.0. The number of rotatable bonds is 3. The van der Waals surface area contributed by atoms with Crippen LogP contribution in [0.4, 0.5) is 13.2 Å². The van der Waals surface area contributed by atoms with E-state index in [9.17, 15) is 18.0 Å². The van der Waals surface area contributed by atoms with E-state index in [1.807, 2.05) is 0 Å². The fourth-order valence-corrected chi connectivity index (χ4v) is 1.68. The van der Waals surface area contributed by atoms with Gasteiger partial charge in [-0.05, 0) is 24.1 Å². The summed E-state index contributed by atoms with van der Waals surface area (Å²) in [6.07, 6.45) is -4.89. The molecular weight excluding hydrogens is 303 g/mol. The lowest BCUT2D eigenvalue weighted by Gasteiger charge is -2.14. The molecule has 0 spiro atoms. The van der Waals surface area contributed by atoms with Crippen molar-refractivity contribution < 1.29 is 23.1 Å². The topological polar surface area (TPSA) is 63.3 Å². The quantitative estimate of drug-likeness (QED) is 0.901. The van der Waals surface area contributed by atoms with Crippen LogP contribution in [-0.2, 0) is 17.4 Å². The van der Waals surface area contributed by atoms with Crippen LogP contribution in [0, 0.1) is 0 Å². The van der Waals surface area contributed by atoms with Gasteiger partial charge in [0.25, 0.3) is 0 Å². The third-order valence-electron chi connectivity index (χ3n) is 2.13. The van der Waals surface area contributed by atoms with Crippen molar-refractivity contribution in [2.24, 2.45) is 5.73 Å². The molecule has 17 heavy (non-hydrogen) atoms. The van der Waals surface area contributed by atoms with Crippen molar-refractivity contribution in [3.63, 3.8) is 0 Å². The third-order valence-corrected chi connectivity index (χ3v) is 2.63. The lowest BCUT2D eigenvalue weighted by atomic mass is 10.0. The van der Waals surface area contributed by atoms with Gasteiger partial charge in [-0.1, -0.05) is 22.0 Å². The maximum Gasteiger partial charge on any atom is 0.416 e. The third kappa shape index (κ3) is 3.71. The number of aliphatic carboxylic acids is 1. The van der Waals surface area contributed by atoms with Crippen molar-refractivity contribution in [1.82, 2.24) is 0 Å². The minimum absolute atomic E-state index is 0.129. The molecule has 0 aliphatic heterocycles. The average Bonchev–Trinajstić information content (AvgIpc) is 2.18. The Labute approximate surface area is 104 Å². The molecule has 1 unspecified atom stereocenters. The van der Waals surface area contributed by atoms with Gasteiger partial charge in [-0.2, -0.15) is 13.2 Å². The fourth-order valence-electron chi connectivity index (χ4n) is 1.31. The van der Waals surface area contributed by atoms with Gasteiger partial charge in [-0.15, -0.1) is 0 Å². The second kappa shape index (κ2) is 5.05. The number of benzene rings is 1. The van der Waals surface area contributed by atoms with Crippen molar-refractivity contribution in [2.75, 3.05) is 0 Å². The Hall–Kier alpha value is -1.08. The molecule has 3 nitrogen and oxygen atoms in total. The number of carboxylic acids is 1. The van der Waals surface area contributed by atoms with E-state index in [2.05, 4.69) is 15.9 Å². The van der Waals surface area contributed by atoms with Gasteiger partial charge in [0.05, 0.1) is 5.56 Å². The van der Waals surface area contributed by atoms with Crippen molar-refractivity contribution in [3.8, 4) is 0 Å². The number of carboxylic acid groups (broad SMARTS) is 1. The predicted octanol–water partition coefficient (Wildman–Crippen LogP) is 2.42. The molecule has 0 saturated heterocycles. The van der Waals surface area contributed by atoms with Gasteiger partial charge in [-0.3, -0.25) is 4.79 Å². The van der Waals surface area contributed by atoms with Crippen LogP contribution in [0.15, 0.2) is 22.7 Å². The number of hydrogen-bond acceptors (Lipinski definition) is 2. The average molecular weight is 312 g/mol. The Morgan fingerprint density at radius 3 is 2.53 bits per heavy atom. The maximum atomic E-state index is 12.7. The standard InChI is InChI=1S/C10H9BrF3NO2/c11-6-2-1-5(3-8(15)9(16)17)7(4-6)10(12,13)14/h1-2,4,8H,3,15H2,(H,16,17). The zero-order valence-electron chi connectivity index (χ0n) is 8.46. The van der Waals surface area contributed by atoms with Crippen LogP contribution in [0.3, 0.4) is 0 Å². The molecule has 0 radical (unpaired) electrons. The molecule has 0 aliphatic rings. The normalized spacial score (nSPS) is 13.5. The molecule has 94 valence electrons. The Morgan fingerprint density at radius 1 is 1.47 bits per heavy atom. The summed E-state index contributed by atoms with van der Waals surface area (Å²) in [7, 11) is 0. The molecule has 0 aliphatic carbocycles. The summed E-state index contributed by atoms with van der Waals surface area (Å²) >= 11 is 2.94. The van der Waals surface area contributed by atoms with Gasteiger partial charge in [0.15, 0.2) is 0 Å². The van der Waals surface area contributed by atoms with Gasteiger partial charge in [0.1, 0.15) is 6.04 Å². The zero-order chi connectivity index (χ0) is 13.2. The van der Waals surface area contributed by atoms with E-state index in [-0.39, 0.29) is 16.5 Å². The molecule has 0 bridgehead atoms. The minimum atomic E-state index is -4.53. The van der Waals surface area contributed by atoms with Gasteiger partial charge in [-0.25, -0.2) is 0 Å². The molecule has 3 N–H and O–H groups in total. The summed E-state index contributed by atoms with van der Waals surface area (Å²) in [6.45, 7) is 0. The van der Waals surface area contributed by atoms with Crippen molar-refractivity contribution in [2.45, 2.75) is 18.6 Å². The van der Waals surface area contributed by atoms with E-state index in [4.69, 9.17) is 10.8 Å². The van der Waals surface area contributed by atoms with Crippen LogP contribution in [0.5, 0.6) is 0 Å². The number of halogens is 4. The first-order valence-electron chi connectivity index (χ1n) is 4.56. The summed E-state index contributed by atoms with van der Waals surface area (Å²) in [6, 6.07) is 2.19. The van der Waals surface area contributed by atoms with Gasteiger partial charge < -0.3 is 10.8 Å². The number of carbonyl (C=O) groups is 1. The number of alkyl halides is 3. The van der Waals surface area contributed by atoms with Crippen LogP contribution >= 0.6 is 15.9 Å². The molecular formula is C10H9BrF3NO2. The van der Waals surface area contributed by atoms with E-state index in [0.29, 0.717) is 0 Å². The smallest absolute Gasteiger partial charge is 0.416 e. The highest BCUT2D eigenvalue weighted by Gasteiger charge is 2.34. The summed E-state index contributed by atoms with van der Waals surface area (Å²) in [5, 5.41) is 8.58. The Morgan fingerprint density at radius 2 is 2.06 bits per heavy atom. The molecule has 0 heterocycles. The molecule has 7 heteroatoms. The van der Waals surface area contributed by atoms with Crippen LogP contribution in [-0.4, -0.2) is 17.1 Å². The van der Waals surface area contributed by atoms with E-state index in [1.54, 1.807) is 0 Å². The highest BCUT2D eigenvalue weighted by atomic mass is 79.9. The summed E-state index contributed by atoms with van der Waals surface area (Å²) in [5.41, 5.74) is 4.22. The predicted molar refractivity (Wildman–Crippen MR) is 58.5 cm³/mol. The number of nitrogens with two attached hydrogens (primary N) is 1. The van der Waals surface area contributed by atoms with Crippen molar-refractivity contribution in [1.29, 1.82) is 0 Å². The first kappa shape index (κ1) is 14.0. The Bertz CT molecular complexity index is 434. The Kier molecular flexibility index (Phi) is 4.16. The van der Waals surface area contributed by atoms with Crippen LogP contribution in [0.2, 0.25) is 0 Å². The first-order chi connectivity index (χ1) is 7.71. The fraction of sp³-hybridized carbons (Fsp3) is 0.300. The van der Waals surface area contributed by atoms with Gasteiger partial charge >= 0.3 is 12.1 Å². The summed E-state index contributed by atoms with van der Waals surface area (Å²) in [4.78, 5) is 10.5. The van der Waals surface area contributed by atoms with Gasteiger partial charge in [0.2, 0.25) is 0 Å². The van der Waals surface area contributed by atoms with E-state index < -0.39 is 23.8 Å². The largest absolute Gasteiger partial charge is 0.480 e. The second-order valence-corrected chi connectivity index (χ2v) is 4.36. The summed E-state index contributed by atoms with van der Waals surface area (Å²) in [5.74, 6) is -1.33. The van der Waals surface area contributed by atoms with Gasteiger partial charge in [0, 0.05) is 4.47 Å². The summed E-state index contributed by atoms with van der Waals surface area (Å²) < 4.78 is 38.3. The van der Waals surface area contributed by atoms with Crippen molar-refractivity contribution in [3.05, 3.63) is 33.8 Å². The highest BCUT2D eigenvalue weighted by Crippen LogP contribution is 2.34. The molecule has 1 aromatic rings. The van der Waals surface area contributed by atoms with Crippen LogP contribution in [0.25, 0.3) is 0 Å². The lowest BCUT2D eigenvalue weighted by molar-refractivity contribution is -0.140. The lowest BCUT2D eigenvalue weighted by Crippen LogP contribution is -2.33. The SMILES string of the molecule is NC(Cc1ccc(Br)cc1C(F)(F)F)C(=O)O. The van der Waals surface area contributed by atoms with Crippen LogP contribution < -0.4 is 5.73 Å². The van der Waals surface area contributed by atoms with Crippen LogP contribution in [0.1, 0.15) is 11.1 Å². The number of hydrogen-bond donors (Lipinski definition) is 2. The van der Waals surface area contributed by atoms with E-state index in [1.165, 1.54) is 12.1 Å². The molecule has 1 rings (SSSR count). The monoisotopic (exact) mass is 311 g/mol. The first-order valence-corrected chi connectivity index (χ1v) is 5.35. The van der Waals surface area contributed by atoms with E-state index >= 15 is 0 Å². The van der Waals surface area contributed by atoms with E-state index in [0.717, 1.165) is 6.07 Å². The Balaban J connectivity index is 3.11. The molecule has 0 fully saturated rings.